The predicted molar refractivity (Wildman–Crippen MR) is 132 cm³/mol. The zero-order valence-electron chi connectivity index (χ0n) is 21.5. The molecule has 0 aromatic rings. The van der Waals surface area contributed by atoms with Gasteiger partial charge in [0.05, 0.1) is 19.3 Å². The van der Waals surface area contributed by atoms with Crippen LogP contribution in [-0.4, -0.2) is 36.9 Å². The first kappa shape index (κ1) is 28.1. The number of carbonyl (C=O) groups is 2. The maximum Gasteiger partial charge on any atom is 0.339 e. The minimum Gasteiger partial charge on any atom is -0.465 e. The van der Waals surface area contributed by atoms with Gasteiger partial charge < -0.3 is 14.2 Å². The number of unbranched alkanes of at least 4 members (excludes halogenated alkanes) is 14. The van der Waals surface area contributed by atoms with E-state index in [2.05, 4.69) is 13.8 Å². The molecule has 3 atom stereocenters. The molecule has 0 N–H and O–H groups in total. The molecule has 2 aliphatic heterocycles. The molecule has 2 heterocycles. The molecule has 0 amide bonds. The molecule has 3 aliphatic rings. The highest BCUT2D eigenvalue weighted by Gasteiger charge is 2.67. The van der Waals surface area contributed by atoms with Crippen LogP contribution >= 0.6 is 0 Å². The molecule has 5 nitrogen and oxygen atoms in total. The molecule has 3 rings (SSSR count). The van der Waals surface area contributed by atoms with Gasteiger partial charge in [-0.05, 0) is 32.1 Å². The van der Waals surface area contributed by atoms with Gasteiger partial charge in [0, 0.05) is 0 Å². The molecule has 2 saturated heterocycles. The molecule has 1 saturated carbocycles. The Balaban J connectivity index is 1.60. The van der Waals surface area contributed by atoms with Gasteiger partial charge in [-0.15, -0.1) is 0 Å². The van der Waals surface area contributed by atoms with Crippen molar-refractivity contribution in [1.29, 1.82) is 0 Å². The molecule has 3 unspecified atom stereocenters. The van der Waals surface area contributed by atoms with E-state index in [1.165, 1.54) is 77.0 Å². The second-order valence-corrected chi connectivity index (χ2v) is 10.2. The SMILES string of the molecule is CCCCCCCCCCOC(=O)C1C2CCCC1(C(=O)OCCCCCCCCCC)O2. The maximum absolute atomic E-state index is 12.8. The Labute approximate surface area is 202 Å². The Hall–Kier alpha value is -1.10. The number of ether oxygens (including phenoxy) is 3. The smallest absolute Gasteiger partial charge is 0.339 e. The maximum atomic E-state index is 12.8. The lowest BCUT2D eigenvalue weighted by atomic mass is 9.67. The quantitative estimate of drug-likeness (QED) is 0.139. The first-order valence-corrected chi connectivity index (χ1v) is 14.2. The summed E-state index contributed by atoms with van der Waals surface area (Å²) in [6.45, 7) is 5.33. The van der Waals surface area contributed by atoms with Gasteiger partial charge in [-0.3, -0.25) is 4.79 Å². The van der Waals surface area contributed by atoms with Gasteiger partial charge in [0.2, 0.25) is 0 Å². The lowest BCUT2D eigenvalue weighted by Gasteiger charge is -2.54. The van der Waals surface area contributed by atoms with Crippen LogP contribution < -0.4 is 0 Å². The minimum atomic E-state index is -1.08. The lowest BCUT2D eigenvalue weighted by Crippen LogP contribution is -2.70. The van der Waals surface area contributed by atoms with Gasteiger partial charge in [0.1, 0.15) is 5.92 Å². The molecular weight excluding hydrogens is 416 g/mol. The fourth-order valence-corrected chi connectivity index (χ4v) is 5.29. The molecule has 33 heavy (non-hydrogen) atoms. The first-order chi connectivity index (χ1) is 16.2. The standard InChI is InChI=1S/C28H50O5/c1-3-5-7-9-11-13-15-17-22-31-26(29)25-24-20-19-21-28(25,33-24)27(30)32-23-18-16-14-12-10-8-6-4-2/h24-25H,3-23H2,1-2H3. The van der Waals surface area contributed by atoms with Crippen molar-refractivity contribution in [2.75, 3.05) is 13.2 Å². The summed E-state index contributed by atoms with van der Waals surface area (Å²) >= 11 is 0. The molecular formula is C28H50O5. The van der Waals surface area contributed by atoms with Gasteiger partial charge in [0.15, 0.2) is 5.60 Å². The topological polar surface area (TPSA) is 61.8 Å². The third kappa shape index (κ3) is 9.22. The first-order valence-electron chi connectivity index (χ1n) is 14.2. The number of carbonyl (C=O) groups excluding carboxylic acids is 2. The van der Waals surface area contributed by atoms with E-state index in [1.807, 2.05) is 0 Å². The van der Waals surface area contributed by atoms with Crippen molar-refractivity contribution in [3.8, 4) is 0 Å². The predicted octanol–water partition coefficient (Wildman–Crippen LogP) is 7.29. The zero-order chi connectivity index (χ0) is 23.8. The Morgan fingerprint density at radius 1 is 0.727 bits per heavy atom. The summed E-state index contributed by atoms with van der Waals surface area (Å²) in [5.41, 5.74) is -1.08. The van der Waals surface area contributed by atoms with E-state index in [0.717, 1.165) is 38.5 Å². The molecule has 5 heteroatoms. The van der Waals surface area contributed by atoms with Gasteiger partial charge in [0.25, 0.3) is 0 Å². The highest BCUT2D eigenvalue weighted by molar-refractivity contribution is 5.90. The largest absolute Gasteiger partial charge is 0.465 e. The van der Waals surface area contributed by atoms with Gasteiger partial charge in [-0.25, -0.2) is 4.79 Å². The van der Waals surface area contributed by atoms with Crippen molar-refractivity contribution in [2.45, 2.75) is 148 Å². The summed E-state index contributed by atoms with van der Waals surface area (Å²) in [6, 6.07) is 0. The molecule has 192 valence electrons. The summed E-state index contributed by atoms with van der Waals surface area (Å²) < 4.78 is 17.1. The van der Waals surface area contributed by atoms with Crippen molar-refractivity contribution in [2.24, 2.45) is 5.92 Å². The summed E-state index contributed by atoms with van der Waals surface area (Å²) in [6.07, 6.45) is 21.4. The highest BCUT2D eigenvalue weighted by Crippen LogP contribution is 2.50. The van der Waals surface area contributed by atoms with Crippen molar-refractivity contribution >= 4 is 11.9 Å². The Kier molecular flexibility index (Phi) is 14.1. The normalized spacial score (nSPS) is 23.7. The number of hydrogen-bond donors (Lipinski definition) is 0. The summed E-state index contributed by atoms with van der Waals surface area (Å²) in [5, 5.41) is 0. The Morgan fingerprint density at radius 2 is 1.21 bits per heavy atom. The third-order valence-corrected chi connectivity index (χ3v) is 7.35. The van der Waals surface area contributed by atoms with Crippen molar-refractivity contribution in [3.63, 3.8) is 0 Å². The summed E-state index contributed by atoms with van der Waals surface area (Å²) in [7, 11) is 0. The van der Waals surface area contributed by atoms with Gasteiger partial charge in [-0.1, -0.05) is 104 Å². The van der Waals surface area contributed by atoms with Gasteiger partial charge >= 0.3 is 11.9 Å². The van der Waals surface area contributed by atoms with Crippen LogP contribution in [0.2, 0.25) is 0 Å². The van der Waals surface area contributed by atoms with Crippen molar-refractivity contribution in [1.82, 2.24) is 0 Å². The minimum absolute atomic E-state index is 0.180. The van der Waals surface area contributed by atoms with E-state index in [1.54, 1.807) is 0 Å². The van der Waals surface area contributed by atoms with Crippen LogP contribution in [-0.2, 0) is 23.8 Å². The molecule has 0 spiro atoms. The van der Waals surface area contributed by atoms with E-state index in [4.69, 9.17) is 14.2 Å². The van der Waals surface area contributed by atoms with Crippen molar-refractivity contribution in [3.05, 3.63) is 0 Å². The van der Waals surface area contributed by atoms with Crippen LogP contribution in [0.15, 0.2) is 0 Å². The third-order valence-electron chi connectivity index (χ3n) is 7.35. The van der Waals surface area contributed by atoms with Crippen LogP contribution in [0.25, 0.3) is 0 Å². The summed E-state index contributed by atoms with van der Waals surface area (Å²) in [5.74, 6) is -1.10. The number of fused-ring (bicyclic) bond motifs is 2. The molecule has 1 aliphatic carbocycles. The lowest BCUT2D eigenvalue weighted by molar-refractivity contribution is -0.284. The van der Waals surface area contributed by atoms with Crippen molar-refractivity contribution < 1.29 is 23.8 Å². The van der Waals surface area contributed by atoms with E-state index in [9.17, 15) is 9.59 Å². The highest BCUT2D eigenvalue weighted by atomic mass is 16.6. The number of rotatable bonds is 20. The fourth-order valence-electron chi connectivity index (χ4n) is 5.29. The monoisotopic (exact) mass is 466 g/mol. The number of hydrogen-bond acceptors (Lipinski definition) is 5. The van der Waals surface area contributed by atoms with E-state index in [0.29, 0.717) is 19.6 Å². The molecule has 3 fully saturated rings. The van der Waals surface area contributed by atoms with Crippen LogP contribution in [0.1, 0.15) is 136 Å². The second-order valence-electron chi connectivity index (χ2n) is 10.2. The Bertz CT molecular complexity index is 544. The molecule has 0 radical (unpaired) electrons. The van der Waals surface area contributed by atoms with E-state index >= 15 is 0 Å². The summed E-state index contributed by atoms with van der Waals surface area (Å²) in [4.78, 5) is 25.6. The van der Waals surface area contributed by atoms with E-state index < -0.39 is 11.5 Å². The van der Waals surface area contributed by atoms with Crippen LogP contribution in [0.3, 0.4) is 0 Å². The molecule has 0 aromatic carbocycles. The van der Waals surface area contributed by atoms with E-state index in [-0.39, 0.29) is 18.0 Å². The second kappa shape index (κ2) is 16.5. The van der Waals surface area contributed by atoms with Crippen LogP contribution in [0.4, 0.5) is 0 Å². The molecule has 2 bridgehead atoms. The Morgan fingerprint density at radius 3 is 1.73 bits per heavy atom. The van der Waals surface area contributed by atoms with Crippen LogP contribution in [0, 0.1) is 5.92 Å². The molecule has 0 aromatic heterocycles. The van der Waals surface area contributed by atoms with Crippen LogP contribution in [0.5, 0.6) is 0 Å². The number of esters is 2. The average molecular weight is 467 g/mol. The average Bonchev–Trinajstić information content (AvgIpc) is 2.82. The zero-order valence-corrected chi connectivity index (χ0v) is 21.5. The van der Waals surface area contributed by atoms with Gasteiger partial charge in [-0.2, -0.15) is 0 Å². The fraction of sp³-hybridized carbons (Fsp3) is 0.929.